The summed E-state index contributed by atoms with van der Waals surface area (Å²) in [6.45, 7) is 10.6. The molecule has 12 rings (SSSR count). The summed E-state index contributed by atoms with van der Waals surface area (Å²) < 4.78 is 65.6. The lowest BCUT2D eigenvalue weighted by atomic mass is 9.97. The van der Waals surface area contributed by atoms with Crippen molar-refractivity contribution in [2.24, 2.45) is 11.8 Å². The van der Waals surface area contributed by atoms with Crippen LogP contribution in [0, 0.1) is 33.8 Å². The van der Waals surface area contributed by atoms with E-state index in [9.17, 15) is 37.7 Å². The number of nitrogens with one attached hydrogen (secondary N) is 4. The highest BCUT2D eigenvalue weighted by Crippen LogP contribution is 2.37. The van der Waals surface area contributed by atoms with Crippen LogP contribution < -0.4 is 29.7 Å². The topological polar surface area (TPSA) is 279 Å². The Bertz CT molecular complexity index is 4140. The van der Waals surface area contributed by atoms with E-state index in [2.05, 4.69) is 57.9 Å². The summed E-state index contributed by atoms with van der Waals surface area (Å²) in [7, 11) is -4.62. The van der Waals surface area contributed by atoms with Crippen molar-refractivity contribution in [1.29, 1.82) is 0 Å². The van der Waals surface area contributed by atoms with Gasteiger partial charge in [-0.2, -0.15) is 0 Å². The molecule has 5 aromatic carbocycles. The van der Waals surface area contributed by atoms with E-state index in [-0.39, 0.29) is 54.3 Å². The van der Waals surface area contributed by atoms with Gasteiger partial charge in [-0.25, -0.2) is 18.1 Å². The number of nitro groups is 1. The Morgan fingerprint density at radius 2 is 1.59 bits per heavy atom. The van der Waals surface area contributed by atoms with Crippen LogP contribution in [0.4, 0.5) is 17.1 Å². The Morgan fingerprint density at radius 1 is 0.821 bits per heavy atom. The van der Waals surface area contributed by atoms with Gasteiger partial charge in [-0.1, -0.05) is 53.8 Å². The fourth-order valence-electron chi connectivity index (χ4n) is 12.4. The molecule has 0 saturated carbocycles. The number of carbonyl (C=O) groups excluding carboxylic acids is 4. The highest BCUT2D eigenvalue weighted by atomic mass is 35.5. The number of halogens is 1. The van der Waals surface area contributed by atoms with Gasteiger partial charge >= 0.3 is 0 Å². The molecule has 2 aromatic heterocycles. The second-order valence-electron chi connectivity index (χ2n) is 24.0. The molecular formula is C69H73ClN10O14S. The zero-order valence-corrected chi connectivity index (χ0v) is 53.8. The molecule has 24 nitrogen and oxygen atoms in total. The summed E-state index contributed by atoms with van der Waals surface area (Å²) >= 11 is 6.36. The number of nitrogens with zero attached hydrogens (tertiary/aromatic N) is 6. The van der Waals surface area contributed by atoms with Gasteiger partial charge in [-0.05, 0) is 109 Å². The van der Waals surface area contributed by atoms with Crippen molar-refractivity contribution in [3.05, 3.63) is 165 Å². The average molecular weight is 1330 g/mol. The molecule has 4 N–H and O–H groups in total. The number of benzene rings is 5. The molecule has 7 heterocycles. The maximum Gasteiger partial charge on any atom is 0.293 e. The molecule has 0 radical (unpaired) electrons. The van der Waals surface area contributed by atoms with Crippen LogP contribution in [0.2, 0.25) is 5.02 Å². The molecule has 4 amide bonds. The van der Waals surface area contributed by atoms with Gasteiger partial charge < -0.3 is 53.4 Å². The number of anilines is 2. The minimum absolute atomic E-state index is 0.0795. The molecule has 0 bridgehead atoms. The Hall–Kier alpha value is -8.97. The quantitative estimate of drug-likeness (QED) is 0.0125. The molecule has 496 valence electrons. The van der Waals surface area contributed by atoms with Gasteiger partial charge in [0.05, 0.1) is 61.2 Å². The van der Waals surface area contributed by atoms with Crippen molar-refractivity contribution in [1.82, 2.24) is 34.7 Å². The molecule has 7 aromatic rings. The van der Waals surface area contributed by atoms with Crippen molar-refractivity contribution in [3.8, 4) is 40.2 Å². The number of carbonyl (C=O) groups is 4. The number of pyridine rings is 1. The highest BCUT2D eigenvalue weighted by Gasteiger charge is 2.40. The van der Waals surface area contributed by atoms with Crippen LogP contribution in [-0.2, 0) is 51.6 Å². The third-order valence-electron chi connectivity index (χ3n) is 17.6. The molecular weight excluding hydrogens is 1260 g/mol. The molecule has 4 saturated heterocycles. The van der Waals surface area contributed by atoms with Crippen LogP contribution in [0.1, 0.15) is 63.1 Å². The fraction of sp³-hybridized carbons (Fsp3) is 0.377. The molecule has 0 aliphatic carbocycles. The lowest BCUT2D eigenvalue weighted by molar-refractivity contribution is -0.384. The number of aromatic amines is 1. The summed E-state index contributed by atoms with van der Waals surface area (Å²) in [6.07, 6.45) is 5.34. The van der Waals surface area contributed by atoms with Crippen molar-refractivity contribution in [2.45, 2.75) is 49.7 Å². The van der Waals surface area contributed by atoms with Crippen LogP contribution in [0.25, 0.3) is 22.2 Å². The van der Waals surface area contributed by atoms with E-state index in [1.165, 1.54) is 29.3 Å². The summed E-state index contributed by atoms with van der Waals surface area (Å²) in [5, 5.41) is 19.1. The van der Waals surface area contributed by atoms with Gasteiger partial charge in [-0.15, -0.1) is 0 Å². The first kappa shape index (κ1) is 66.1. The number of amides is 4. The largest absolute Gasteiger partial charge is 0.493 e. The van der Waals surface area contributed by atoms with Crippen LogP contribution in [0.5, 0.6) is 17.2 Å². The molecule has 26 heteroatoms. The maximum absolute atomic E-state index is 14.1. The minimum Gasteiger partial charge on any atom is -0.493 e. The van der Waals surface area contributed by atoms with E-state index in [0.717, 1.165) is 77.6 Å². The summed E-state index contributed by atoms with van der Waals surface area (Å²) in [5.41, 5.74) is 6.13. The van der Waals surface area contributed by atoms with Gasteiger partial charge in [0.1, 0.15) is 41.2 Å². The van der Waals surface area contributed by atoms with Gasteiger partial charge in [0.2, 0.25) is 11.8 Å². The van der Waals surface area contributed by atoms with E-state index in [4.69, 9.17) is 40.0 Å². The zero-order chi connectivity index (χ0) is 65.8. The van der Waals surface area contributed by atoms with Gasteiger partial charge in [0.15, 0.2) is 0 Å². The predicted octanol–water partition coefficient (Wildman–Crippen LogP) is 8.04. The highest BCUT2D eigenvalue weighted by molar-refractivity contribution is 7.90. The number of rotatable bonds is 27. The molecule has 0 spiro atoms. The van der Waals surface area contributed by atoms with Crippen molar-refractivity contribution in [3.63, 3.8) is 0 Å². The van der Waals surface area contributed by atoms with E-state index >= 15 is 0 Å². The van der Waals surface area contributed by atoms with Gasteiger partial charge in [0, 0.05) is 142 Å². The second-order valence-corrected chi connectivity index (χ2v) is 26.1. The van der Waals surface area contributed by atoms with Crippen LogP contribution in [0.15, 0.2) is 126 Å². The van der Waals surface area contributed by atoms with Gasteiger partial charge in [0.25, 0.3) is 27.5 Å². The molecule has 4 fully saturated rings. The van der Waals surface area contributed by atoms with Gasteiger partial charge in [-0.3, -0.25) is 39.5 Å². The summed E-state index contributed by atoms with van der Waals surface area (Å²) in [5.74, 6) is 5.90. The summed E-state index contributed by atoms with van der Waals surface area (Å²) in [6, 6.07) is 30.7. The second kappa shape index (κ2) is 30.6. The monoisotopic (exact) mass is 1330 g/mol. The zero-order valence-electron chi connectivity index (χ0n) is 52.2. The van der Waals surface area contributed by atoms with Crippen LogP contribution in [-0.4, -0.2) is 179 Å². The first-order chi connectivity index (χ1) is 46.2. The van der Waals surface area contributed by atoms with Crippen molar-refractivity contribution >= 4 is 73.3 Å². The molecule has 5 aliphatic rings. The Balaban J connectivity index is 0.607. The molecule has 5 aliphatic heterocycles. The van der Waals surface area contributed by atoms with E-state index < -0.39 is 43.4 Å². The standard InChI is InChI=1S/C69H73ClN10O14S/c70-51-11-9-49(10-12-51)55-6-2-8-63(93-45-47-41-77(42-47)27-31-91-33-35-92-34-32-89-28-3-5-48-4-1-7-56-58(48)44-79(69(56)84)61-17-18-65(81)74-68(61)83)59(55)43-76-23-25-78(26-24-76)52-13-15-57(64(37-52)94-53-36-50-19-22-71-66(50)73-40-53)67(82)75-95(87,88)54-14-16-60(62(38-54)80(85)86)72-39-46-20-29-90-30-21-46/h1-2,4,6-16,19,22,36-38,40,46-47,61,72H,17-18,20-21,23-35,39,41-45H2,(H,71,73)(H,75,82)(H,74,81,83). The number of piperazine rings is 1. The lowest BCUT2D eigenvalue weighted by Gasteiger charge is -2.39. The number of H-pyrrole nitrogens is 1. The number of imide groups is 1. The number of sulfonamides is 1. The number of piperidine rings is 1. The molecule has 1 atom stereocenters. The number of likely N-dealkylation sites (tertiary alicyclic amines) is 1. The fourth-order valence-corrected chi connectivity index (χ4v) is 13.5. The number of nitro benzene ring substituents is 1. The van der Waals surface area contributed by atoms with Crippen molar-refractivity contribution < 1.29 is 60.9 Å². The SMILES string of the molecule is O=C1CCC(N2Cc3c(C#CCOCCOCCOCCN4CC(COc5cccc(-c6ccc(Cl)cc6)c5CN5CCN(c6ccc(C(=O)NS(=O)(=O)c7ccc(NCC8CCOCC8)c([N+](=O)[O-])c7)c(Oc7cnc8[nH]ccc8c7)c6)CC5)C4)cccc3C2=O)C(=O)N1. The average Bonchev–Trinajstić information content (AvgIpc) is 1.70. The minimum atomic E-state index is -4.62. The Morgan fingerprint density at radius 3 is 2.38 bits per heavy atom. The number of ether oxygens (including phenoxy) is 6. The first-order valence-electron chi connectivity index (χ1n) is 31.8. The third kappa shape index (κ3) is 16.4. The number of hydrogen-bond donors (Lipinski definition) is 4. The number of fused-ring (bicyclic) bond motifs is 2. The normalized spacial score (nSPS) is 17.2. The van der Waals surface area contributed by atoms with E-state index in [0.29, 0.717) is 132 Å². The van der Waals surface area contributed by atoms with E-state index in [1.54, 1.807) is 36.5 Å². The lowest BCUT2D eigenvalue weighted by Crippen LogP contribution is -2.52. The Kier molecular flexibility index (Phi) is 21.3. The number of hydrogen-bond acceptors (Lipinski definition) is 19. The molecule has 95 heavy (non-hydrogen) atoms. The smallest absolute Gasteiger partial charge is 0.293 e. The van der Waals surface area contributed by atoms with Crippen molar-refractivity contribution in [2.75, 3.05) is 122 Å². The summed E-state index contributed by atoms with van der Waals surface area (Å²) in [4.78, 5) is 78.4. The van der Waals surface area contributed by atoms with Crippen LogP contribution in [0.3, 0.4) is 0 Å². The molecule has 1 unspecified atom stereocenters. The predicted molar refractivity (Wildman–Crippen MR) is 354 cm³/mol. The van der Waals surface area contributed by atoms with Crippen LogP contribution >= 0.6 is 11.6 Å². The van der Waals surface area contributed by atoms with E-state index in [1.807, 2.05) is 48.5 Å². The first-order valence-corrected chi connectivity index (χ1v) is 33.7. The number of aromatic nitrogens is 2. The third-order valence-corrected chi connectivity index (χ3v) is 19.2. The maximum atomic E-state index is 14.1. The Labute approximate surface area is 554 Å².